The summed E-state index contributed by atoms with van der Waals surface area (Å²) in [4.78, 5) is 41.1. The molecule has 0 radical (unpaired) electrons. The first-order valence-electron chi connectivity index (χ1n) is 9.89. The van der Waals surface area contributed by atoms with E-state index in [-0.39, 0.29) is 35.5 Å². The average molecular weight is 391 g/mol. The van der Waals surface area contributed by atoms with E-state index in [1.165, 1.54) is 24.3 Å². The molecule has 0 saturated carbocycles. The molecule has 3 amide bonds. The molecule has 1 aliphatic heterocycles. The minimum Gasteiger partial charge on any atom is -0.344 e. The van der Waals surface area contributed by atoms with Gasteiger partial charge in [-0.1, -0.05) is 20.8 Å². The van der Waals surface area contributed by atoms with Gasteiger partial charge in [0.2, 0.25) is 11.8 Å². The van der Waals surface area contributed by atoms with Gasteiger partial charge < -0.3 is 15.1 Å². The third kappa shape index (κ3) is 5.30. The predicted molar refractivity (Wildman–Crippen MR) is 105 cm³/mol. The molecule has 2 unspecified atom stereocenters. The Hall–Kier alpha value is -2.44. The fourth-order valence-electron chi connectivity index (χ4n) is 3.40. The lowest BCUT2D eigenvalue weighted by molar-refractivity contribution is -0.139. The normalized spacial score (nSPS) is 18.1. The predicted octanol–water partition coefficient (Wildman–Crippen LogP) is 2.44. The number of halogens is 1. The van der Waals surface area contributed by atoms with E-state index in [1.54, 1.807) is 9.80 Å². The van der Waals surface area contributed by atoms with Gasteiger partial charge in [-0.3, -0.25) is 14.4 Å². The molecule has 1 N–H and O–H groups in total. The highest BCUT2D eigenvalue weighted by atomic mass is 19.1. The molecule has 2 atom stereocenters. The van der Waals surface area contributed by atoms with Gasteiger partial charge >= 0.3 is 0 Å². The quantitative estimate of drug-likeness (QED) is 0.810. The molecule has 154 valence electrons. The molecule has 1 saturated heterocycles. The molecule has 7 heteroatoms. The van der Waals surface area contributed by atoms with Crippen molar-refractivity contribution < 1.29 is 18.8 Å². The maximum atomic E-state index is 13.1. The first kappa shape index (κ1) is 21.9. The maximum absolute atomic E-state index is 13.1. The third-order valence-corrected chi connectivity index (χ3v) is 5.02. The molecule has 1 aromatic carbocycles. The van der Waals surface area contributed by atoms with Gasteiger partial charge in [0.15, 0.2) is 0 Å². The molecule has 0 aromatic heterocycles. The summed E-state index contributed by atoms with van der Waals surface area (Å²) < 4.78 is 13.1. The highest BCUT2D eigenvalue weighted by Crippen LogP contribution is 2.17. The second-order valence-electron chi connectivity index (χ2n) is 7.68. The maximum Gasteiger partial charge on any atom is 0.254 e. The van der Waals surface area contributed by atoms with E-state index in [0.717, 1.165) is 6.42 Å². The zero-order valence-electron chi connectivity index (χ0n) is 17.1. The topological polar surface area (TPSA) is 69.7 Å². The van der Waals surface area contributed by atoms with Crippen molar-refractivity contribution >= 4 is 17.7 Å². The summed E-state index contributed by atoms with van der Waals surface area (Å²) in [5, 5.41) is 2.85. The van der Waals surface area contributed by atoms with Crippen LogP contribution in [-0.2, 0) is 9.59 Å². The number of carbonyl (C=O) groups is 3. The molecular weight excluding hydrogens is 361 g/mol. The largest absolute Gasteiger partial charge is 0.344 e. The lowest BCUT2D eigenvalue weighted by atomic mass is 10.0. The van der Waals surface area contributed by atoms with Crippen LogP contribution in [0, 0.1) is 11.7 Å². The van der Waals surface area contributed by atoms with Crippen molar-refractivity contribution in [2.45, 2.75) is 52.6 Å². The lowest BCUT2D eigenvalue weighted by Gasteiger charge is -2.41. The Morgan fingerprint density at radius 3 is 2.36 bits per heavy atom. The van der Waals surface area contributed by atoms with Crippen LogP contribution in [0.4, 0.5) is 4.39 Å². The van der Waals surface area contributed by atoms with Crippen LogP contribution in [0.25, 0.3) is 0 Å². The summed E-state index contributed by atoms with van der Waals surface area (Å²) in [6.45, 7) is 8.84. The number of nitrogens with one attached hydrogen (secondary N) is 1. The Morgan fingerprint density at radius 1 is 1.18 bits per heavy atom. The first-order valence-corrected chi connectivity index (χ1v) is 9.89. The summed E-state index contributed by atoms with van der Waals surface area (Å²) >= 11 is 0. The highest BCUT2D eigenvalue weighted by Gasteiger charge is 2.34. The van der Waals surface area contributed by atoms with Crippen LogP contribution in [0.15, 0.2) is 24.3 Å². The van der Waals surface area contributed by atoms with Crippen molar-refractivity contribution in [3.05, 3.63) is 35.6 Å². The number of piperazine rings is 1. The number of amides is 3. The summed E-state index contributed by atoms with van der Waals surface area (Å²) in [7, 11) is 0. The van der Waals surface area contributed by atoms with Crippen LogP contribution in [0.5, 0.6) is 0 Å². The standard InChI is InChI=1S/C21H30FN3O3/c1-5-6-18(26)23-19(14(2)3)21(28)24-11-12-25(15(4)13-24)20(27)16-7-9-17(22)10-8-16/h7-10,14-15,19H,5-6,11-13H2,1-4H3,(H,23,26). The molecular formula is C21H30FN3O3. The first-order chi connectivity index (χ1) is 13.2. The number of nitrogens with zero attached hydrogens (tertiary/aromatic N) is 2. The number of carbonyl (C=O) groups excluding carboxylic acids is 3. The number of benzene rings is 1. The third-order valence-electron chi connectivity index (χ3n) is 5.02. The van der Waals surface area contributed by atoms with Crippen molar-refractivity contribution in [1.82, 2.24) is 15.1 Å². The fourth-order valence-corrected chi connectivity index (χ4v) is 3.40. The molecule has 0 spiro atoms. The molecule has 0 aliphatic carbocycles. The summed E-state index contributed by atoms with van der Waals surface area (Å²) in [6, 6.07) is 4.74. The van der Waals surface area contributed by atoms with Crippen molar-refractivity contribution in [3.63, 3.8) is 0 Å². The average Bonchev–Trinajstić information content (AvgIpc) is 2.65. The summed E-state index contributed by atoms with van der Waals surface area (Å²) in [6.07, 6.45) is 1.12. The highest BCUT2D eigenvalue weighted by molar-refractivity contribution is 5.94. The van der Waals surface area contributed by atoms with Crippen LogP contribution in [0.1, 0.15) is 50.9 Å². The zero-order valence-corrected chi connectivity index (χ0v) is 17.1. The minimum absolute atomic E-state index is 0.0255. The monoisotopic (exact) mass is 391 g/mol. The molecule has 2 rings (SSSR count). The van der Waals surface area contributed by atoms with Crippen LogP contribution in [-0.4, -0.2) is 59.2 Å². The lowest BCUT2D eigenvalue weighted by Crippen LogP contribution is -2.59. The van der Waals surface area contributed by atoms with E-state index >= 15 is 0 Å². The van der Waals surface area contributed by atoms with Crippen LogP contribution in [0.2, 0.25) is 0 Å². The van der Waals surface area contributed by atoms with Gasteiger partial charge in [0.1, 0.15) is 11.9 Å². The van der Waals surface area contributed by atoms with Crippen molar-refractivity contribution in [2.75, 3.05) is 19.6 Å². The molecule has 1 aromatic rings. The Kier molecular flexibility index (Phi) is 7.54. The van der Waals surface area contributed by atoms with E-state index in [4.69, 9.17) is 0 Å². The molecule has 6 nitrogen and oxygen atoms in total. The molecule has 1 fully saturated rings. The van der Waals surface area contributed by atoms with Crippen LogP contribution < -0.4 is 5.32 Å². The second kappa shape index (κ2) is 9.66. The second-order valence-corrected chi connectivity index (χ2v) is 7.68. The SMILES string of the molecule is CCCC(=O)NC(C(=O)N1CCN(C(=O)c2ccc(F)cc2)C(C)C1)C(C)C. The van der Waals surface area contributed by atoms with E-state index in [0.29, 0.717) is 31.6 Å². The Bertz CT molecular complexity index is 705. The van der Waals surface area contributed by atoms with E-state index < -0.39 is 6.04 Å². The Balaban J connectivity index is 2.02. The van der Waals surface area contributed by atoms with Gasteiger partial charge in [-0.25, -0.2) is 4.39 Å². The smallest absolute Gasteiger partial charge is 0.254 e. The van der Waals surface area contributed by atoms with Crippen molar-refractivity contribution in [1.29, 1.82) is 0 Å². The van der Waals surface area contributed by atoms with Crippen LogP contribution >= 0.6 is 0 Å². The molecule has 1 heterocycles. The van der Waals surface area contributed by atoms with Gasteiger partial charge in [-0.15, -0.1) is 0 Å². The summed E-state index contributed by atoms with van der Waals surface area (Å²) in [5.74, 6) is -0.809. The molecule has 28 heavy (non-hydrogen) atoms. The molecule has 1 aliphatic rings. The zero-order chi connectivity index (χ0) is 20.8. The van der Waals surface area contributed by atoms with Gasteiger partial charge in [0, 0.05) is 37.7 Å². The summed E-state index contributed by atoms with van der Waals surface area (Å²) in [5.41, 5.74) is 0.430. The van der Waals surface area contributed by atoms with E-state index in [9.17, 15) is 18.8 Å². The van der Waals surface area contributed by atoms with Gasteiger partial charge in [0.25, 0.3) is 5.91 Å². The Morgan fingerprint density at radius 2 is 1.82 bits per heavy atom. The number of hydrogen-bond acceptors (Lipinski definition) is 3. The molecule has 0 bridgehead atoms. The Labute approximate surface area is 166 Å². The van der Waals surface area contributed by atoms with Crippen molar-refractivity contribution in [3.8, 4) is 0 Å². The van der Waals surface area contributed by atoms with Gasteiger partial charge in [-0.2, -0.15) is 0 Å². The van der Waals surface area contributed by atoms with Gasteiger partial charge in [0.05, 0.1) is 0 Å². The number of hydrogen-bond donors (Lipinski definition) is 1. The van der Waals surface area contributed by atoms with Crippen LogP contribution in [0.3, 0.4) is 0 Å². The minimum atomic E-state index is -0.564. The van der Waals surface area contributed by atoms with E-state index in [1.807, 2.05) is 27.7 Å². The fraction of sp³-hybridized carbons (Fsp3) is 0.571. The van der Waals surface area contributed by atoms with E-state index in [2.05, 4.69) is 5.32 Å². The van der Waals surface area contributed by atoms with Crippen molar-refractivity contribution in [2.24, 2.45) is 5.92 Å². The number of rotatable bonds is 6. The van der Waals surface area contributed by atoms with Gasteiger partial charge in [-0.05, 0) is 43.5 Å².